The summed E-state index contributed by atoms with van der Waals surface area (Å²) in [7, 11) is 0. The second-order valence-corrected chi connectivity index (χ2v) is 4.89. The summed E-state index contributed by atoms with van der Waals surface area (Å²) < 4.78 is 6.11. The predicted octanol–water partition coefficient (Wildman–Crippen LogP) is 1.71. The lowest BCUT2D eigenvalue weighted by Crippen LogP contribution is -2.19. The molecule has 1 aromatic heterocycles. The fourth-order valence-corrected chi connectivity index (χ4v) is 1.96. The van der Waals surface area contributed by atoms with Crippen LogP contribution in [0.25, 0.3) is 0 Å². The van der Waals surface area contributed by atoms with Gasteiger partial charge in [0.15, 0.2) is 5.69 Å². The van der Waals surface area contributed by atoms with E-state index in [0.29, 0.717) is 0 Å². The van der Waals surface area contributed by atoms with Crippen LogP contribution < -0.4 is 5.32 Å². The van der Waals surface area contributed by atoms with E-state index in [9.17, 15) is 9.59 Å². The van der Waals surface area contributed by atoms with Crippen LogP contribution in [-0.2, 0) is 16.1 Å². The number of anilines is 1. The Kier molecular flexibility index (Phi) is 4.88. The number of amides is 1. The molecule has 0 aliphatic carbocycles. The lowest BCUT2D eigenvalue weighted by atomic mass is 10.1. The van der Waals surface area contributed by atoms with E-state index < -0.39 is 5.97 Å². The SMILES string of the molecule is CCOC(=O)c1cn(CC(=O)Nc2ccc(C)cc2C)nn1. The zero-order valence-corrected chi connectivity index (χ0v) is 12.8. The third kappa shape index (κ3) is 3.91. The Morgan fingerprint density at radius 3 is 2.77 bits per heavy atom. The molecule has 7 nitrogen and oxygen atoms in total. The van der Waals surface area contributed by atoms with Gasteiger partial charge in [-0.1, -0.05) is 22.9 Å². The average Bonchev–Trinajstić information content (AvgIpc) is 2.91. The number of rotatable bonds is 5. The standard InChI is InChI=1S/C15H18N4O3/c1-4-22-15(21)13-8-19(18-17-13)9-14(20)16-12-6-5-10(2)7-11(12)3/h5-8H,4,9H2,1-3H3,(H,16,20). The van der Waals surface area contributed by atoms with E-state index in [4.69, 9.17) is 4.74 Å². The number of benzene rings is 1. The van der Waals surface area contributed by atoms with Crippen molar-refractivity contribution in [3.05, 3.63) is 41.2 Å². The third-order valence-corrected chi connectivity index (χ3v) is 2.98. The quantitative estimate of drug-likeness (QED) is 0.850. The van der Waals surface area contributed by atoms with Crippen LogP contribution in [0.3, 0.4) is 0 Å². The van der Waals surface area contributed by atoms with Gasteiger partial charge in [0, 0.05) is 5.69 Å². The molecule has 22 heavy (non-hydrogen) atoms. The summed E-state index contributed by atoms with van der Waals surface area (Å²) in [6.07, 6.45) is 1.39. The number of nitrogens with one attached hydrogen (secondary N) is 1. The maximum Gasteiger partial charge on any atom is 0.360 e. The summed E-state index contributed by atoms with van der Waals surface area (Å²) in [4.78, 5) is 23.5. The van der Waals surface area contributed by atoms with Crippen molar-refractivity contribution in [1.29, 1.82) is 0 Å². The number of ether oxygens (including phenoxy) is 1. The van der Waals surface area contributed by atoms with Gasteiger partial charge in [-0.3, -0.25) is 4.79 Å². The number of carbonyl (C=O) groups excluding carboxylic acids is 2. The van der Waals surface area contributed by atoms with Crippen molar-refractivity contribution in [3.8, 4) is 0 Å². The van der Waals surface area contributed by atoms with Crippen molar-refractivity contribution in [2.45, 2.75) is 27.3 Å². The first-order chi connectivity index (χ1) is 10.5. The van der Waals surface area contributed by atoms with E-state index in [1.165, 1.54) is 10.9 Å². The molecule has 2 aromatic rings. The highest BCUT2D eigenvalue weighted by molar-refractivity contribution is 5.91. The molecule has 2 rings (SSSR count). The summed E-state index contributed by atoms with van der Waals surface area (Å²) in [5, 5.41) is 10.2. The number of hydrogen-bond donors (Lipinski definition) is 1. The number of esters is 1. The van der Waals surface area contributed by atoms with Crippen molar-refractivity contribution in [2.24, 2.45) is 0 Å². The van der Waals surface area contributed by atoms with Gasteiger partial charge in [-0.05, 0) is 32.4 Å². The van der Waals surface area contributed by atoms with Gasteiger partial charge < -0.3 is 10.1 Å². The third-order valence-electron chi connectivity index (χ3n) is 2.98. The summed E-state index contributed by atoms with van der Waals surface area (Å²) >= 11 is 0. The van der Waals surface area contributed by atoms with Crippen LogP contribution in [0.4, 0.5) is 5.69 Å². The molecule has 1 amide bonds. The normalized spacial score (nSPS) is 10.3. The first-order valence-corrected chi connectivity index (χ1v) is 6.94. The van der Waals surface area contributed by atoms with Crippen LogP contribution in [0.1, 0.15) is 28.5 Å². The van der Waals surface area contributed by atoms with E-state index >= 15 is 0 Å². The Labute approximate surface area is 128 Å². The largest absolute Gasteiger partial charge is 0.461 e. The summed E-state index contributed by atoms with van der Waals surface area (Å²) in [5.41, 5.74) is 2.95. The maximum absolute atomic E-state index is 12.0. The first-order valence-electron chi connectivity index (χ1n) is 6.94. The maximum atomic E-state index is 12.0. The topological polar surface area (TPSA) is 86.1 Å². The van der Waals surface area contributed by atoms with Crippen LogP contribution in [-0.4, -0.2) is 33.5 Å². The second-order valence-electron chi connectivity index (χ2n) is 4.89. The van der Waals surface area contributed by atoms with E-state index in [1.54, 1.807) is 6.92 Å². The Morgan fingerprint density at radius 2 is 2.09 bits per heavy atom. The molecule has 1 aromatic carbocycles. The van der Waals surface area contributed by atoms with Crippen molar-refractivity contribution in [2.75, 3.05) is 11.9 Å². The molecule has 7 heteroatoms. The minimum absolute atomic E-state index is 0.0281. The lowest BCUT2D eigenvalue weighted by Gasteiger charge is -2.08. The Hall–Kier alpha value is -2.70. The summed E-state index contributed by atoms with van der Waals surface area (Å²) in [5.74, 6) is -0.796. The van der Waals surface area contributed by atoms with Crippen LogP contribution in [0.15, 0.2) is 24.4 Å². The van der Waals surface area contributed by atoms with Crippen LogP contribution in [0.5, 0.6) is 0 Å². The fourth-order valence-electron chi connectivity index (χ4n) is 1.96. The van der Waals surface area contributed by atoms with Gasteiger partial charge in [0.1, 0.15) is 6.54 Å². The number of nitrogens with zero attached hydrogens (tertiary/aromatic N) is 3. The fraction of sp³-hybridized carbons (Fsp3) is 0.333. The molecule has 0 fully saturated rings. The monoisotopic (exact) mass is 302 g/mol. The van der Waals surface area contributed by atoms with Gasteiger partial charge in [-0.15, -0.1) is 5.10 Å². The molecular formula is C15H18N4O3. The van der Waals surface area contributed by atoms with E-state index in [1.807, 2.05) is 32.0 Å². The molecule has 0 aliphatic heterocycles. The molecule has 0 spiro atoms. The molecule has 1 N–H and O–H groups in total. The molecule has 0 unspecified atom stereocenters. The molecule has 0 saturated carbocycles. The molecule has 0 saturated heterocycles. The highest BCUT2D eigenvalue weighted by atomic mass is 16.5. The molecular weight excluding hydrogens is 284 g/mol. The highest BCUT2D eigenvalue weighted by Crippen LogP contribution is 2.15. The minimum atomic E-state index is -0.552. The molecule has 0 atom stereocenters. The van der Waals surface area contributed by atoms with Gasteiger partial charge in [-0.25, -0.2) is 9.48 Å². The zero-order valence-electron chi connectivity index (χ0n) is 12.8. The number of aromatic nitrogens is 3. The van der Waals surface area contributed by atoms with E-state index in [0.717, 1.165) is 16.8 Å². The number of carbonyl (C=O) groups is 2. The van der Waals surface area contributed by atoms with Gasteiger partial charge in [-0.2, -0.15) is 0 Å². The summed E-state index contributed by atoms with van der Waals surface area (Å²) in [6, 6.07) is 5.77. The highest BCUT2D eigenvalue weighted by Gasteiger charge is 2.13. The molecule has 116 valence electrons. The zero-order chi connectivity index (χ0) is 16.1. The van der Waals surface area contributed by atoms with E-state index in [2.05, 4.69) is 15.6 Å². The smallest absolute Gasteiger partial charge is 0.360 e. The molecule has 0 aliphatic rings. The molecule has 0 bridgehead atoms. The Morgan fingerprint density at radius 1 is 1.32 bits per heavy atom. The second kappa shape index (κ2) is 6.84. The van der Waals surface area contributed by atoms with E-state index in [-0.39, 0.29) is 24.8 Å². The number of aryl methyl sites for hydroxylation is 2. The van der Waals surface area contributed by atoms with Crippen LogP contribution in [0.2, 0.25) is 0 Å². The predicted molar refractivity (Wildman–Crippen MR) is 80.5 cm³/mol. The molecule has 0 radical (unpaired) electrons. The first kappa shape index (κ1) is 15.7. The van der Waals surface area contributed by atoms with Gasteiger partial charge in [0.25, 0.3) is 0 Å². The van der Waals surface area contributed by atoms with Crippen LogP contribution in [0, 0.1) is 13.8 Å². The van der Waals surface area contributed by atoms with Crippen LogP contribution >= 0.6 is 0 Å². The van der Waals surface area contributed by atoms with Gasteiger partial charge >= 0.3 is 5.97 Å². The van der Waals surface area contributed by atoms with Gasteiger partial charge in [0.05, 0.1) is 12.8 Å². The number of hydrogen-bond acceptors (Lipinski definition) is 5. The molecule has 1 heterocycles. The Balaban J connectivity index is 1.99. The van der Waals surface area contributed by atoms with Gasteiger partial charge in [0.2, 0.25) is 5.91 Å². The Bertz CT molecular complexity index is 694. The van der Waals surface area contributed by atoms with Crippen molar-refractivity contribution in [1.82, 2.24) is 15.0 Å². The summed E-state index contributed by atoms with van der Waals surface area (Å²) in [6.45, 7) is 5.86. The van der Waals surface area contributed by atoms with Crippen molar-refractivity contribution < 1.29 is 14.3 Å². The minimum Gasteiger partial charge on any atom is -0.461 e. The average molecular weight is 302 g/mol. The lowest BCUT2D eigenvalue weighted by molar-refractivity contribution is -0.116. The van der Waals surface area contributed by atoms with Crippen molar-refractivity contribution >= 4 is 17.6 Å². The van der Waals surface area contributed by atoms with Crippen molar-refractivity contribution in [3.63, 3.8) is 0 Å².